The quantitative estimate of drug-likeness (QED) is 0.439. The van der Waals surface area contributed by atoms with Gasteiger partial charge in [-0.1, -0.05) is 0 Å². The SMILES string of the molecule is NN1Cc2cn(S(=O)O)nc2C1. The highest BCUT2D eigenvalue weighted by atomic mass is 32.2. The Labute approximate surface area is 71.3 Å². The first-order chi connectivity index (χ1) is 5.66. The summed E-state index contributed by atoms with van der Waals surface area (Å²) in [5.74, 6) is 5.50. The number of fused-ring (bicyclic) bond motifs is 1. The summed E-state index contributed by atoms with van der Waals surface area (Å²) in [6.07, 6.45) is 1.54. The van der Waals surface area contributed by atoms with Crippen LogP contribution in [-0.4, -0.2) is 23.0 Å². The first-order valence-corrected chi connectivity index (χ1v) is 4.41. The summed E-state index contributed by atoms with van der Waals surface area (Å²) in [6, 6.07) is 0. The number of hydrazine groups is 1. The normalized spacial score (nSPS) is 19.5. The molecule has 0 radical (unpaired) electrons. The molecule has 12 heavy (non-hydrogen) atoms. The van der Waals surface area contributed by atoms with Crippen molar-refractivity contribution in [1.29, 1.82) is 0 Å². The molecule has 2 heterocycles. The van der Waals surface area contributed by atoms with Crippen molar-refractivity contribution >= 4 is 11.3 Å². The molecule has 0 fully saturated rings. The molecule has 66 valence electrons. The molecular weight excluding hydrogens is 180 g/mol. The lowest BCUT2D eigenvalue weighted by molar-refractivity contribution is 0.291. The van der Waals surface area contributed by atoms with Crippen LogP contribution >= 0.6 is 0 Å². The van der Waals surface area contributed by atoms with E-state index in [1.54, 1.807) is 5.01 Å². The predicted molar refractivity (Wildman–Crippen MR) is 41.8 cm³/mol. The summed E-state index contributed by atoms with van der Waals surface area (Å²) in [6.45, 7) is 1.13. The van der Waals surface area contributed by atoms with E-state index in [4.69, 9.17) is 10.4 Å². The van der Waals surface area contributed by atoms with Crippen molar-refractivity contribution in [3.05, 3.63) is 17.5 Å². The minimum atomic E-state index is -2.05. The third-order valence-electron chi connectivity index (χ3n) is 1.74. The molecule has 3 N–H and O–H groups in total. The zero-order valence-electron chi connectivity index (χ0n) is 6.17. The van der Waals surface area contributed by atoms with Crippen LogP contribution in [0.2, 0.25) is 0 Å². The Balaban J connectivity index is 2.34. The monoisotopic (exact) mass is 188 g/mol. The van der Waals surface area contributed by atoms with E-state index in [-0.39, 0.29) is 0 Å². The topological polar surface area (TPSA) is 84.4 Å². The smallest absolute Gasteiger partial charge is 0.282 e. The fourth-order valence-corrected chi connectivity index (χ4v) is 1.62. The third-order valence-corrected chi connectivity index (χ3v) is 2.25. The fraction of sp³-hybridized carbons (Fsp3) is 0.400. The van der Waals surface area contributed by atoms with Gasteiger partial charge in [0.05, 0.1) is 12.2 Å². The van der Waals surface area contributed by atoms with Crippen molar-refractivity contribution in [2.24, 2.45) is 5.84 Å². The second-order valence-corrected chi connectivity index (χ2v) is 3.47. The summed E-state index contributed by atoms with van der Waals surface area (Å²) in [5.41, 5.74) is 1.69. The molecule has 0 spiro atoms. The maximum Gasteiger partial charge on any atom is 0.282 e. The van der Waals surface area contributed by atoms with E-state index in [1.165, 1.54) is 6.20 Å². The molecule has 1 aliphatic heterocycles. The van der Waals surface area contributed by atoms with Gasteiger partial charge in [0.25, 0.3) is 11.3 Å². The van der Waals surface area contributed by atoms with Crippen LogP contribution in [0.3, 0.4) is 0 Å². The van der Waals surface area contributed by atoms with Gasteiger partial charge in [0.1, 0.15) is 0 Å². The Morgan fingerprint density at radius 2 is 2.42 bits per heavy atom. The fourth-order valence-electron chi connectivity index (χ4n) is 1.23. The van der Waals surface area contributed by atoms with Crippen molar-refractivity contribution in [3.8, 4) is 0 Å². The van der Waals surface area contributed by atoms with Gasteiger partial charge in [-0.3, -0.25) is 10.4 Å². The van der Waals surface area contributed by atoms with Crippen LogP contribution < -0.4 is 5.84 Å². The van der Waals surface area contributed by atoms with Gasteiger partial charge in [-0.25, -0.2) is 9.22 Å². The lowest BCUT2D eigenvalue weighted by Crippen LogP contribution is -2.24. The van der Waals surface area contributed by atoms with Crippen LogP contribution in [-0.2, 0) is 24.4 Å². The molecule has 0 bridgehead atoms. The molecule has 0 aromatic carbocycles. The summed E-state index contributed by atoms with van der Waals surface area (Å²) in [5, 5.41) is 5.49. The van der Waals surface area contributed by atoms with Crippen LogP contribution in [0.25, 0.3) is 0 Å². The van der Waals surface area contributed by atoms with E-state index < -0.39 is 11.3 Å². The molecule has 2 rings (SSSR count). The van der Waals surface area contributed by atoms with Gasteiger partial charge in [-0.2, -0.15) is 9.19 Å². The summed E-state index contributed by atoms with van der Waals surface area (Å²) in [4.78, 5) is 0. The van der Waals surface area contributed by atoms with Crippen LogP contribution in [0.4, 0.5) is 0 Å². The Hall–Kier alpha value is -0.760. The number of hydrogen-bond acceptors (Lipinski definition) is 4. The molecular formula is C5H8N4O2S. The van der Waals surface area contributed by atoms with Crippen LogP contribution in [0.1, 0.15) is 11.3 Å². The van der Waals surface area contributed by atoms with E-state index in [9.17, 15) is 4.21 Å². The second-order valence-electron chi connectivity index (χ2n) is 2.64. The maximum atomic E-state index is 10.6. The molecule has 1 aliphatic rings. The van der Waals surface area contributed by atoms with Crippen molar-refractivity contribution in [2.45, 2.75) is 13.1 Å². The van der Waals surface area contributed by atoms with Gasteiger partial charge >= 0.3 is 0 Å². The van der Waals surface area contributed by atoms with Gasteiger partial charge in [0.2, 0.25) is 0 Å². The van der Waals surface area contributed by atoms with Crippen LogP contribution in [0, 0.1) is 0 Å². The Morgan fingerprint density at radius 3 is 3.00 bits per heavy atom. The largest absolute Gasteiger partial charge is 0.288 e. The first kappa shape index (κ1) is 7.87. The average molecular weight is 188 g/mol. The van der Waals surface area contributed by atoms with Gasteiger partial charge in [-0.15, -0.1) is 0 Å². The predicted octanol–water partition coefficient (Wildman–Crippen LogP) is -0.943. The van der Waals surface area contributed by atoms with E-state index in [1.807, 2.05) is 0 Å². The standard InChI is InChI=1S/C5H8N4O2S/c6-8-1-4-2-9(12(10)11)7-5(4)3-8/h2H,1,3,6H2,(H,10,11). The Morgan fingerprint density at radius 1 is 1.67 bits per heavy atom. The number of rotatable bonds is 1. The zero-order chi connectivity index (χ0) is 8.72. The molecule has 1 unspecified atom stereocenters. The molecule has 0 amide bonds. The number of nitrogens with zero attached hydrogens (tertiary/aromatic N) is 3. The van der Waals surface area contributed by atoms with Gasteiger partial charge in [-0.05, 0) is 0 Å². The van der Waals surface area contributed by atoms with Gasteiger partial charge in [0.15, 0.2) is 0 Å². The molecule has 7 heteroatoms. The van der Waals surface area contributed by atoms with E-state index >= 15 is 0 Å². The average Bonchev–Trinajstić information content (AvgIpc) is 2.42. The highest BCUT2D eigenvalue weighted by Crippen LogP contribution is 2.17. The molecule has 1 atom stereocenters. The highest BCUT2D eigenvalue weighted by molar-refractivity contribution is 7.77. The van der Waals surface area contributed by atoms with Crippen LogP contribution in [0.5, 0.6) is 0 Å². The highest BCUT2D eigenvalue weighted by Gasteiger charge is 2.20. The van der Waals surface area contributed by atoms with Gasteiger partial charge < -0.3 is 0 Å². The summed E-state index contributed by atoms with van der Waals surface area (Å²) in [7, 11) is 0. The molecule has 1 aromatic rings. The minimum Gasteiger partial charge on any atom is -0.288 e. The third kappa shape index (κ3) is 1.16. The summed E-state index contributed by atoms with van der Waals surface area (Å²) < 4.78 is 20.3. The Bertz CT molecular complexity index is 313. The number of aromatic nitrogens is 2. The van der Waals surface area contributed by atoms with Gasteiger partial charge in [0, 0.05) is 18.3 Å². The Kier molecular flexibility index (Phi) is 1.72. The second kappa shape index (κ2) is 2.63. The number of nitrogens with two attached hydrogens (primary N) is 1. The van der Waals surface area contributed by atoms with E-state index in [0.29, 0.717) is 13.1 Å². The molecule has 0 saturated heterocycles. The van der Waals surface area contributed by atoms with Crippen molar-refractivity contribution in [3.63, 3.8) is 0 Å². The minimum absolute atomic E-state index is 0.541. The summed E-state index contributed by atoms with van der Waals surface area (Å²) >= 11 is -2.05. The molecule has 0 saturated carbocycles. The lowest BCUT2D eigenvalue weighted by atomic mass is 10.3. The van der Waals surface area contributed by atoms with E-state index in [2.05, 4.69) is 5.10 Å². The molecule has 0 aliphatic carbocycles. The molecule has 6 nitrogen and oxygen atoms in total. The van der Waals surface area contributed by atoms with Crippen LogP contribution in [0.15, 0.2) is 6.20 Å². The van der Waals surface area contributed by atoms with Crippen molar-refractivity contribution in [2.75, 3.05) is 0 Å². The number of hydrogen-bond donors (Lipinski definition) is 2. The zero-order valence-corrected chi connectivity index (χ0v) is 6.99. The first-order valence-electron chi connectivity index (χ1n) is 3.35. The van der Waals surface area contributed by atoms with Crippen molar-refractivity contribution < 1.29 is 8.76 Å². The lowest BCUT2D eigenvalue weighted by Gasteiger charge is -2.04. The molecule has 1 aromatic heterocycles. The van der Waals surface area contributed by atoms with E-state index in [0.717, 1.165) is 15.3 Å². The van der Waals surface area contributed by atoms with Crippen molar-refractivity contribution in [1.82, 2.24) is 14.2 Å². The maximum absolute atomic E-state index is 10.6.